The second kappa shape index (κ2) is 7.14. The van der Waals surface area contributed by atoms with Crippen LogP contribution in [0.4, 0.5) is 10.2 Å². The predicted octanol–water partition coefficient (Wildman–Crippen LogP) is 2.14. The van der Waals surface area contributed by atoms with Crippen molar-refractivity contribution in [2.45, 2.75) is 6.54 Å². The Kier molecular flexibility index (Phi) is 4.98. The van der Waals surface area contributed by atoms with E-state index in [1.807, 2.05) is 0 Å². The quantitative estimate of drug-likeness (QED) is 0.798. The standard InChI is InChI=1S/C15H15FN4O/c1-2-7-17-14-8-13(19-10-20-14)15(21)18-9-11-5-3-4-6-12(11)16/h2-6,8,10H,1,7,9H2,(H,18,21)(H,17,19,20). The molecule has 2 N–H and O–H groups in total. The summed E-state index contributed by atoms with van der Waals surface area (Å²) in [6, 6.07) is 7.81. The van der Waals surface area contributed by atoms with E-state index in [4.69, 9.17) is 0 Å². The maximum Gasteiger partial charge on any atom is 0.270 e. The Labute approximate surface area is 121 Å². The maximum atomic E-state index is 13.4. The summed E-state index contributed by atoms with van der Waals surface area (Å²) in [7, 11) is 0. The molecule has 1 amide bonds. The van der Waals surface area contributed by atoms with Crippen LogP contribution in [0, 0.1) is 5.82 Å². The zero-order valence-electron chi connectivity index (χ0n) is 11.3. The first-order valence-corrected chi connectivity index (χ1v) is 6.39. The molecule has 0 spiro atoms. The molecular formula is C15H15FN4O. The molecule has 0 aliphatic rings. The number of amides is 1. The number of rotatable bonds is 6. The summed E-state index contributed by atoms with van der Waals surface area (Å²) < 4.78 is 13.4. The Hall–Kier alpha value is -2.76. The van der Waals surface area contributed by atoms with Gasteiger partial charge in [0.2, 0.25) is 0 Å². The molecule has 0 bridgehead atoms. The monoisotopic (exact) mass is 286 g/mol. The van der Waals surface area contributed by atoms with Crippen LogP contribution in [0.2, 0.25) is 0 Å². The first kappa shape index (κ1) is 14.6. The topological polar surface area (TPSA) is 66.9 Å². The predicted molar refractivity (Wildman–Crippen MR) is 78.3 cm³/mol. The maximum absolute atomic E-state index is 13.4. The summed E-state index contributed by atoms with van der Waals surface area (Å²) in [5.41, 5.74) is 0.637. The Balaban J connectivity index is 2.00. The van der Waals surface area contributed by atoms with Crippen LogP contribution in [0.3, 0.4) is 0 Å². The van der Waals surface area contributed by atoms with Crippen molar-refractivity contribution in [1.82, 2.24) is 15.3 Å². The molecular weight excluding hydrogens is 271 g/mol. The van der Waals surface area contributed by atoms with Crippen molar-refractivity contribution >= 4 is 11.7 Å². The molecule has 2 rings (SSSR count). The molecule has 0 atom stereocenters. The number of halogens is 1. The van der Waals surface area contributed by atoms with Crippen molar-refractivity contribution in [3.63, 3.8) is 0 Å². The molecule has 0 radical (unpaired) electrons. The molecule has 0 aliphatic heterocycles. The largest absolute Gasteiger partial charge is 0.366 e. The van der Waals surface area contributed by atoms with Crippen LogP contribution in [0.1, 0.15) is 16.1 Å². The summed E-state index contributed by atoms with van der Waals surface area (Å²) in [6.45, 7) is 4.22. The number of hydrogen-bond acceptors (Lipinski definition) is 4. The number of carbonyl (C=O) groups is 1. The van der Waals surface area contributed by atoms with E-state index < -0.39 is 0 Å². The molecule has 0 aliphatic carbocycles. The number of benzene rings is 1. The molecule has 21 heavy (non-hydrogen) atoms. The van der Waals surface area contributed by atoms with Gasteiger partial charge in [0.1, 0.15) is 23.7 Å². The van der Waals surface area contributed by atoms with Gasteiger partial charge >= 0.3 is 0 Å². The highest BCUT2D eigenvalue weighted by atomic mass is 19.1. The van der Waals surface area contributed by atoms with Gasteiger partial charge in [-0.2, -0.15) is 0 Å². The summed E-state index contributed by atoms with van der Waals surface area (Å²) in [4.78, 5) is 19.9. The summed E-state index contributed by atoms with van der Waals surface area (Å²) >= 11 is 0. The van der Waals surface area contributed by atoms with Crippen molar-refractivity contribution in [3.8, 4) is 0 Å². The Morgan fingerprint density at radius 3 is 2.90 bits per heavy atom. The lowest BCUT2D eigenvalue weighted by molar-refractivity contribution is 0.0945. The van der Waals surface area contributed by atoms with Gasteiger partial charge in [-0.05, 0) is 6.07 Å². The van der Waals surface area contributed by atoms with Gasteiger partial charge in [0.25, 0.3) is 5.91 Å². The van der Waals surface area contributed by atoms with Crippen molar-refractivity contribution in [3.05, 3.63) is 66.4 Å². The van der Waals surface area contributed by atoms with Gasteiger partial charge in [0.15, 0.2) is 0 Å². The highest BCUT2D eigenvalue weighted by Crippen LogP contribution is 2.07. The second-order valence-electron chi connectivity index (χ2n) is 4.23. The van der Waals surface area contributed by atoms with Crippen LogP contribution in [0.5, 0.6) is 0 Å². The SMILES string of the molecule is C=CCNc1cc(C(=O)NCc2ccccc2F)ncn1. The molecule has 2 aromatic rings. The van der Waals surface area contributed by atoms with Gasteiger partial charge in [0.05, 0.1) is 0 Å². The van der Waals surface area contributed by atoms with E-state index in [0.29, 0.717) is 17.9 Å². The zero-order chi connectivity index (χ0) is 15.1. The van der Waals surface area contributed by atoms with Crippen molar-refractivity contribution < 1.29 is 9.18 Å². The van der Waals surface area contributed by atoms with E-state index in [9.17, 15) is 9.18 Å². The minimum absolute atomic E-state index is 0.102. The summed E-state index contributed by atoms with van der Waals surface area (Å²) in [5.74, 6) is -0.211. The Morgan fingerprint density at radius 1 is 1.33 bits per heavy atom. The highest BCUT2D eigenvalue weighted by molar-refractivity contribution is 5.92. The van der Waals surface area contributed by atoms with Crippen LogP contribution in [-0.2, 0) is 6.54 Å². The lowest BCUT2D eigenvalue weighted by atomic mass is 10.2. The Bertz CT molecular complexity index is 645. The third-order valence-electron chi connectivity index (χ3n) is 2.72. The summed E-state index contributed by atoms with van der Waals surface area (Å²) in [5, 5.41) is 5.59. The first-order chi connectivity index (χ1) is 10.2. The number of carbonyl (C=O) groups excluding carboxylic acids is 1. The van der Waals surface area contributed by atoms with Gasteiger partial charge in [-0.25, -0.2) is 14.4 Å². The molecule has 0 saturated heterocycles. The smallest absolute Gasteiger partial charge is 0.270 e. The third-order valence-corrected chi connectivity index (χ3v) is 2.72. The zero-order valence-corrected chi connectivity index (χ0v) is 11.3. The first-order valence-electron chi connectivity index (χ1n) is 6.39. The molecule has 0 fully saturated rings. The number of nitrogens with one attached hydrogen (secondary N) is 2. The molecule has 5 nitrogen and oxygen atoms in total. The lowest BCUT2D eigenvalue weighted by Gasteiger charge is -2.07. The molecule has 1 aromatic carbocycles. The second-order valence-corrected chi connectivity index (χ2v) is 4.23. The molecule has 1 aromatic heterocycles. The lowest BCUT2D eigenvalue weighted by Crippen LogP contribution is -2.24. The van der Waals surface area contributed by atoms with E-state index in [0.717, 1.165) is 0 Å². The Morgan fingerprint density at radius 2 is 2.14 bits per heavy atom. The molecule has 108 valence electrons. The van der Waals surface area contributed by atoms with Crippen LogP contribution in [-0.4, -0.2) is 22.4 Å². The van der Waals surface area contributed by atoms with Gasteiger partial charge < -0.3 is 10.6 Å². The van der Waals surface area contributed by atoms with Gasteiger partial charge in [-0.1, -0.05) is 24.3 Å². The number of hydrogen-bond donors (Lipinski definition) is 2. The number of anilines is 1. The number of nitrogens with zero attached hydrogens (tertiary/aromatic N) is 2. The number of aromatic nitrogens is 2. The third kappa shape index (κ3) is 4.10. The van der Waals surface area contributed by atoms with Crippen LogP contribution in [0.15, 0.2) is 49.3 Å². The fourth-order valence-corrected chi connectivity index (χ4v) is 1.66. The normalized spacial score (nSPS) is 9.95. The molecule has 0 unspecified atom stereocenters. The average Bonchev–Trinajstić information content (AvgIpc) is 2.52. The average molecular weight is 286 g/mol. The molecule has 0 saturated carbocycles. The minimum Gasteiger partial charge on any atom is -0.366 e. The van der Waals surface area contributed by atoms with E-state index in [-0.39, 0.29) is 24.0 Å². The minimum atomic E-state index is -0.387. The highest BCUT2D eigenvalue weighted by Gasteiger charge is 2.09. The summed E-state index contributed by atoms with van der Waals surface area (Å²) in [6.07, 6.45) is 2.98. The molecule has 6 heteroatoms. The fourth-order valence-electron chi connectivity index (χ4n) is 1.66. The van der Waals surface area contributed by atoms with Crippen molar-refractivity contribution in [2.75, 3.05) is 11.9 Å². The van der Waals surface area contributed by atoms with Crippen LogP contribution < -0.4 is 10.6 Å². The van der Waals surface area contributed by atoms with Crippen molar-refractivity contribution in [2.24, 2.45) is 0 Å². The molecule has 1 heterocycles. The van der Waals surface area contributed by atoms with Gasteiger partial charge in [-0.3, -0.25) is 4.79 Å². The van der Waals surface area contributed by atoms with E-state index in [2.05, 4.69) is 27.2 Å². The fraction of sp³-hybridized carbons (Fsp3) is 0.133. The van der Waals surface area contributed by atoms with Crippen LogP contribution >= 0.6 is 0 Å². The van der Waals surface area contributed by atoms with E-state index in [1.165, 1.54) is 18.5 Å². The van der Waals surface area contributed by atoms with E-state index in [1.54, 1.807) is 24.3 Å². The van der Waals surface area contributed by atoms with E-state index >= 15 is 0 Å². The van der Waals surface area contributed by atoms with Gasteiger partial charge in [-0.15, -0.1) is 6.58 Å². The van der Waals surface area contributed by atoms with Crippen molar-refractivity contribution in [1.29, 1.82) is 0 Å². The van der Waals surface area contributed by atoms with Gasteiger partial charge in [0, 0.05) is 24.7 Å². The van der Waals surface area contributed by atoms with Crippen LogP contribution in [0.25, 0.3) is 0 Å².